The molecule has 2 aromatic rings. The molecule has 0 saturated carbocycles. The molecule has 0 bridgehead atoms. The van der Waals surface area contributed by atoms with E-state index in [1.54, 1.807) is 6.08 Å². The first-order chi connectivity index (χ1) is 12.7. The molecule has 3 rings (SSSR count). The Kier molecular flexibility index (Phi) is 5.84. The monoisotopic (exact) mass is 420 g/mol. The first-order valence-electron chi connectivity index (χ1n) is 7.63. The van der Waals surface area contributed by atoms with Gasteiger partial charge in [0.1, 0.15) is 18.3 Å². The van der Waals surface area contributed by atoms with Crippen molar-refractivity contribution < 1.29 is 33.8 Å². The number of ether oxygens (including phenoxy) is 1. The lowest BCUT2D eigenvalue weighted by atomic mass is 10.1. The zero-order chi connectivity index (χ0) is 19.8. The molecule has 12 nitrogen and oxygen atoms in total. The van der Waals surface area contributed by atoms with Gasteiger partial charge in [-0.1, -0.05) is 17.8 Å². The Morgan fingerprint density at radius 3 is 2.85 bits per heavy atom. The molecule has 0 radical (unpaired) electrons. The van der Waals surface area contributed by atoms with Gasteiger partial charge in [0.15, 0.2) is 22.5 Å². The average Bonchev–Trinajstić information content (AvgIpc) is 3.13. The quantitative estimate of drug-likeness (QED) is 0.163. The number of aliphatic hydroxyl groups is 2. The highest BCUT2D eigenvalue weighted by molar-refractivity contribution is 7.99. The van der Waals surface area contributed by atoms with Crippen molar-refractivity contribution >= 4 is 30.7 Å². The molecule has 4 atom stereocenters. The third-order valence-electron chi connectivity index (χ3n) is 3.77. The van der Waals surface area contributed by atoms with Crippen molar-refractivity contribution in [1.29, 1.82) is 0 Å². The second-order valence-electron chi connectivity index (χ2n) is 5.63. The summed E-state index contributed by atoms with van der Waals surface area (Å²) in [6.45, 7) is 2.95. The van der Waals surface area contributed by atoms with E-state index >= 15 is 0 Å². The summed E-state index contributed by atoms with van der Waals surface area (Å²) in [5.41, 5.74) is -0.351. The molecule has 3 heterocycles. The summed E-state index contributed by atoms with van der Waals surface area (Å²) in [7, 11) is -4.77. The molecular weight excluding hydrogens is 403 g/mol. The SMILES string of the molecule is C=CCSc1nc2c(ncn2[C@@H]2O[C@H](COP(=O)(O)O)[C@@H](O)[C@H]2O)c(=O)[nH]1. The molecule has 0 spiro atoms. The summed E-state index contributed by atoms with van der Waals surface area (Å²) in [6, 6.07) is 0. The second-order valence-corrected chi connectivity index (χ2v) is 7.88. The van der Waals surface area contributed by atoms with Crippen molar-refractivity contribution in [1.82, 2.24) is 19.5 Å². The predicted molar refractivity (Wildman–Crippen MR) is 93.0 cm³/mol. The number of hydrogen-bond acceptors (Lipinski definition) is 9. The number of nitrogens with one attached hydrogen (secondary N) is 1. The number of phosphoric ester groups is 1. The third-order valence-corrected chi connectivity index (χ3v) is 5.12. The summed E-state index contributed by atoms with van der Waals surface area (Å²) in [4.78, 5) is 40.5. The lowest BCUT2D eigenvalue weighted by molar-refractivity contribution is -0.0504. The Morgan fingerprint density at radius 2 is 2.19 bits per heavy atom. The van der Waals surface area contributed by atoms with Crippen LogP contribution in [0.1, 0.15) is 6.23 Å². The molecular formula is C13H17N4O8PS. The van der Waals surface area contributed by atoms with Crippen LogP contribution in [0.2, 0.25) is 0 Å². The van der Waals surface area contributed by atoms with Crippen molar-refractivity contribution in [2.24, 2.45) is 0 Å². The Hall–Kier alpha value is -1.57. The molecule has 0 aliphatic carbocycles. The molecule has 1 fully saturated rings. The van der Waals surface area contributed by atoms with Crippen LogP contribution in [0.3, 0.4) is 0 Å². The van der Waals surface area contributed by atoms with Crippen LogP contribution in [0.15, 0.2) is 28.9 Å². The van der Waals surface area contributed by atoms with Crippen LogP contribution in [0.25, 0.3) is 11.2 Å². The molecule has 14 heteroatoms. The summed E-state index contributed by atoms with van der Waals surface area (Å²) in [5, 5.41) is 20.6. The fourth-order valence-corrected chi connectivity index (χ4v) is 3.50. The molecule has 2 aromatic heterocycles. The van der Waals surface area contributed by atoms with Gasteiger partial charge in [0.25, 0.3) is 5.56 Å². The summed E-state index contributed by atoms with van der Waals surface area (Å²) >= 11 is 1.23. The Bertz CT molecular complexity index is 942. The number of nitrogens with zero attached hydrogens (tertiary/aromatic N) is 3. The Balaban J connectivity index is 1.90. The van der Waals surface area contributed by atoms with E-state index in [0.29, 0.717) is 10.9 Å². The van der Waals surface area contributed by atoms with Crippen molar-refractivity contribution in [3.8, 4) is 0 Å². The van der Waals surface area contributed by atoms with Gasteiger partial charge in [-0.15, -0.1) is 6.58 Å². The first kappa shape index (κ1) is 20.2. The fourth-order valence-electron chi connectivity index (χ4n) is 2.57. The maximum Gasteiger partial charge on any atom is 0.469 e. The van der Waals surface area contributed by atoms with Crippen molar-refractivity contribution in [2.45, 2.75) is 29.7 Å². The topological polar surface area (TPSA) is 180 Å². The zero-order valence-electron chi connectivity index (χ0n) is 13.7. The molecule has 5 N–H and O–H groups in total. The molecule has 0 unspecified atom stereocenters. The molecule has 1 saturated heterocycles. The van der Waals surface area contributed by atoms with Gasteiger partial charge in [0, 0.05) is 5.75 Å². The van der Waals surface area contributed by atoms with Gasteiger partial charge >= 0.3 is 7.82 Å². The molecule has 148 valence electrons. The average molecular weight is 420 g/mol. The number of aromatic amines is 1. The molecule has 1 aliphatic rings. The fraction of sp³-hybridized carbons (Fsp3) is 0.462. The number of aliphatic hydroxyl groups excluding tert-OH is 2. The van der Waals surface area contributed by atoms with Crippen LogP contribution < -0.4 is 5.56 Å². The van der Waals surface area contributed by atoms with Crippen LogP contribution in [0.5, 0.6) is 0 Å². The normalized spacial score (nSPS) is 25.9. The first-order valence-corrected chi connectivity index (χ1v) is 10.1. The van der Waals surface area contributed by atoms with Gasteiger partial charge in [0.2, 0.25) is 0 Å². The minimum absolute atomic E-state index is 0.0122. The van der Waals surface area contributed by atoms with Crippen LogP contribution in [-0.2, 0) is 13.8 Å². The second kappa shape index (κ2) is 7.81. The maximum absolute atomic E-state index is 12.1. The summed E-state index contributed by atoms with van der Waals surface area (Å²) in [5.74, 6) is 0.506. The summed E-state index contributed by atoms with van der Waals surface area (Å²) in [6.07, 6.45) is -2.46. The molecule has 27 heavy (non-hydrogen) atoms. The smallest absolute Gasteiger partial charge is 0.387 e. The zero-order valence-corrected chi connectivity index (χ0v) is 15.4. The molecule has 0 aromatic carbocycles. The predicted octanol–water partition coefficient (Wildman–Crippen LogP) is -0.874. The highest BCUT2D eigenvalue weighted by Crippen LogP contribution is 2.38. The van der Waals surface area contributed by atoms with E-state index in [9.17, 15) is 19.6 Å². The van der Waals surface area contributed by atoms with E-state index in [1.807, 2.05) is 0 Å². The van der Waals surface area contributed by atoms with Gasteiger partial charge in [0.05, 0.1) is 12.9 Å². The van der Waals surface area contributed by atoms with E-state index in [-0.39, 0.29) is 11.2 Å². The highest BCUT2D eigenvalue weighted by atomic mass is 32.2. The van der Waals surface area contributed by atoms with E-state index in [1.165, 1.54) is 22.7 Å². The molecule has 1 aliphatic heterocycles. The number of hydrogen-bond donors (Lipinski definition) is 5. The number of H-pyrrole nitrogens is 1. The van der Waals surface area contributed by atoms with Crippen molar-refractivity contribution in [2.75, 3.05) is 12.4 Å². The lowest BCUT2D eigenvalue weighted by Crippen LogP contribution is -2.33. The molecule has 0 amide bonds. The Morgan fingerprint density at radius 1 is 1.44 bits per heavy atom. The van der Waals surface area contributed by atoms with Crippen molar-refractivity contribution in [3.63, 3.8) is 0 Å². The maximum atomic E-state index is 12.1. The van der Waals surface area contributed by atoms with E-state index < -0.39 is 44.5 Å². The van der Waals surface area contributed by atoms with Gasteiger partial charge in [-0.25, -0.2) is 14.5 Å². The number of phosphoric acid groups is 1. The van der Waals surface area contributed by atoms with Gasteiger partial charge in [-0.2, -0.15) is 0 Å². The minimum atomic E-state index is -4.77. The van der Waals surface area contributed by atoms with E-state index in [2.05, 4.69) is 26.1 Å². The summed E-state index contributed by atoms with van der Waals surface area (Å²) < 4.78 is 21.9. The largest absolute Gasteiger partial charge is 0.469 e. The third kappa shape index (κ3) is 4.31. The van der Waals surface area contributed by atoms with E-state index in [0.717, 1.165) is 0 Å². The lowest BCUT2D eigenvalue weighted by Gasteiger charge is -2.16. The van der Waals surface area contributed by atoms with Crippen LogP contribution in [0.4, 0.5) is 0 Å². The highest BCUT2D eigenvalue weighted by Gasteiger charge is 2.45. The van der Waals surface area contributed by atoms with Crippen LogP contribution in [-0.4, -0.2) is 70.2 Å². The number of rotatable bonds is 7. The number of aromatic nitrogens is 4. The van der Waals surface area contributed by atoms with Gasteiger partial charge in [-0.05, 0) is 0 Å². The number of fused-ring (bicyclic) bond motifs is 1. The van der Waals surface area contributed by atoms with Gasteiger partial charge in [-0.3, -0.25) is 18.9 Å². The van der Waals surface area contributed by atoms with E-state index in [4.69, 9.17) is 14.5 Å². The number of imidazole rings is 1. The standard InChI is InChI=1S/C13H17N4O8PS/c1-2-3-27-13-15-10-7(11(20)16-13)14-5-17(10)12-9(19)8(18)6(25-12)4-24-26(21,22)23/h2,5-6,8-9,12,18-19H,1,3-4H2,(H,15,16,20)(H2,21,22,23)/t6-,8-,9-,12-/m1/s1. The van der Waals surface area contributed by atoms with Gasteiger partial charge < -0.3 is 24.7 Å². The van der Waals surface area contributed by atoms with Crippen molar-refractivity contribution in [3.05, 3.63) is 29.3 Å². The minimum Gasteiger partial charge on any atom is -0.387 e. The van der Waals surface area contributed by atoms with Crippen LogP contribution >= 0.6 is 19.6 Å². The van der Waals surface area contributed by atoms with Crippen LogP contribution in [0, 0.1) is 0 Å². The number of thioether (sulfide) groups is 1. The Labute approximate surface area is 156 Å².